The number of carboxylic acids is 1. The van der Waals surface area contributed by atoms with Crippen LogP contribution in [-0.4, -0.2) is 22.6 Å². The van der Waals surface area contributed by atoms with E-state index in [2.05, 4.69) is 0 Å². The maximum absolute atomic E-state index is 11.6. The number of aliphatic carboxylic acids is 1. The highest BCUT2D eigenvalue weighted by molar-refractivity contribution is 5.99. The van der Waals surface area contributed by atoms with E-state index in [0.29, 0.717) is 12.8 Å². The van der Waals surface area contributed by atoms with Crippen molar-refractivity contribution in [2.75, 3.05) is 0 Å². The van der Waals surface area contributed by atoms with Crippen molar-refractivity contribution >= 4 is 17.5 Å². The Morgan fingerprint density at radius 2 is 1.80 bits per heavy atom. The summed E-state index contributed by atoms with van der Waals surface area (Å²) < 4.78 is 0. The van der Waals surface area contributed by atoms with Crippen molar-refractivity contribution in [2.24, 2.45) is 11.8 Å². The lowest BCUT2D eigenvalue weighted by molar-refractivity contribution is -0.143. The molecule has 15 heavy (non-hydrogen) atoms. The second-order valence-electron chi connectivity index (χ2n) is 4.24. The summed E-state index contributed by atoms with van der Waals surface area (Å²) >= 11 is 0. The van der Waals surface area contributed by atoms with Crippen molar-refractivity contribution < 1.29 is 19.5 Å². The van der Waals surface area contributed by atoms with Crippen LogP contribution < -0.4 is 0 Å². The van der Waals surface area contributed by atoms with Gasteiger partial charge in [-0.3, -0.25) is 14.4 Å². The van der Waals surface area contributed by atoms with Gasteiger partial charge in [-0.1, -0.05) is 6.42 Å². The maximum Gasteiger partial charge on any atom is 0.306 e. The van der Waals surface area contributed by atoms with Crippen LogP contribution in [0.2, 0.25) is 0 Å². The Morgan fingerprint density at radius 3 is 2.33 bits per heavy atom. The van der Waals surface area contributed by atoms with Crippen LogP contribution in [0.1, 0.15) is 39.0 Å². The number of carbonyl (C=O) groups is 3. The molecule has 0 aliphatic heterocycles. The minimum absolute atomic E-state index is 0.0446. The van der Waals surface area contributed by atoms with E-state index in [1.54, 1.807) is 0 Å². The molecule has 0 aromatic heterocycles. The summed E-state index contributed by atoms with van der Waals surface area (Å²) in [6.07, 6.45) is 2.51. The van der Waals surface area contributed by atoms with Crippen molar-refractivity contribution in [3.63, 3.8) is 0 Å². The molecule has 1 fully saturated rings. The summed E-state index contributed by atoms with van der Waals surface area (Å²) in [6.45, 7) is 1.38. The van der Waals surface area contributed by atoms with E-state index in [9.17, 15) is 14.4 Å². The second kappa shape index (κ2) is 5.05. The third-order valence-corrected chi connectivity index (χ3v) is 2.90. The minimum atomic E-state index is -0.824. The van der Waals surface area contributed by atoms with Gasteiger partial charge in [0.25, 0.3) is 0 Å². The van der Waals surface area contributed by atoms with Crippen LogP contribution in [0.3, 0.4) is 0 Å². The summed E-state index contributed by atoms with van der Waals surface area (Å²) in [5.74, 6) is -1.68. The monoisotopic (exact) mass is 212 g/mol. The minimum Gasteiger partial charge on any atom is -0.481 e. The van der Waals surface area contributed by atoms with E-state index in [-0.39, 0.29) is 23.9 Å². The van der Waals surface area contributed by atoms with Crippen molar-refractivity contribution in [1.82, 2.24) is 0 Å². The number of hydrogen-bond acceptors (Lipinski definition) is 3. The Labute approximate surface area is 88.7 Å². The molecule has 0 saturated heterocycles. The molecular weight excluding hydrogens is 196 g/mol. The average Bonchev–Trinajstić information content (AvgIpc) is 2.17. The SMILES string of the molecule is CC(=O)CC(=O)C1CCCC(C(=O)O)C1. The lowest BCUT2D eigenvalue weighted by Crippen LogP contribution is -2.28. The molecule has 1 N–H and O–H groups in total. The van der Waals surface area contributed by atoms with E-state index < -0.39 is 11.9 Å². The van der Waals surface area contributed by atoms with Gasteiger partial charge in [0, 0.05) is 5.92 Å². The normalized spacial score (nSPS) is 25.9. The van der Waals surface area contributed by atoms with Gasteiger partial charge in [-0.25, -0.2) is 0 Å². The predicted molar refractivity (Wildman–Crippen MR) is 53.4 cm³/mol. The quantitative estimate of drug-likeness (QED) is 0.715. The molecule has 0 amide bonds. The van der Waals surface area contributed by atoms with Crippen LogP contribution >= 0.6 is 0 Å². The molecule has 1 rings (SSSR count). The van der Waals surface area contributed by atoms with Gasteiger partial charge in [0.2, 0.25) is 0 Å². The fraction of sp³-hybridized carbons (Fsp3) is 0.727. The molecule has 0 bridgehead atoms. The number of carboxylic acid groups (broad SMARTS) is 1. The summed E-state index contributed by atoms with van der Waals surface area (Å²) in [6, 6.07) is 0. The lowest BCUT2D eigenvalue weighted by atomic mass is 9.78. The first-order valence-electron chi connectivity index (χ1n) is 5.25. The van der Waals surface area contributed by atoms with Crippen LogP contribution in [0.15, 0.2) is 0 Å². The number of Topliss-reactive ketones (excluding diaryl/α,β-unsaturated/α-hetero) is 2. The Bertz CT molecular complexity index is 282. The third-order valence-electron chi connectivity index (χ3n) is 2.90. The van der Waals surface area contributed by atoms with Gasteiger partial charge >= 0.3 is 5.97 Å². The zero-order chi connectivity index (χ0) is 11.4. The van der Waals surface area contributed by atoms with E-state index in [0.717, 1.165) is 12.8 Å². The Morgan fingerprint density at radius 1 is 1.20 bits per heavy atom. The molecule has 0 aromatic carbocycles. The van der Waals surface area contributed by atoms with E-state index in [1.165, 1.54) is 6.92 Å². The molecule has 0 radical (unpaired) electrons. The van der Waals surface area contributed by atoms with Crippen molar-refractivity contribution in [3.8, 4) is 0 Å². The molecule has 1 aliphatic carbocycles. The summed E-state index contributed by atoms with van der Waals surface area (Å²) in [5, 5.41) is 8.84. The van der Waals surface area contributed by atoms with Crippen LogP contribution in [0.5, 0.6) is 0 Å². The fourth-order valence-corrected chi connectivity index (χ4v) is 2.10. The molecule has 4 heteroatoms. The first-order chi connectivity index (χ1) is 7.00. The van der Waals surface area contributed by atoms with Crippen molar-refractivity contribution in [3.05, 3.63) is 0 Å². The molecular formula is C11H16O4. The number of carbonyl (C=O) groups excluding carboxylic acids is 2. The number of hydrogen-bond donors (Lipinski definition) is 1. The van der Waals surface area contributed by atoms with Crippen LogP contribution in [0, 0.1) is 11.8 Å². The standard InChI is InChI=1S/C11H16O4/c1-7(12)5-10(13)8-3-2-4-9(6-8)11(14)15/h8-9H,2-6H2,1H3,(H,14,15). The topological polar surface area (TPSA) is 71.4 Å². The lowest BCUT2D eigenvalue weighted by Gasteiger charge is -2.25. The summed E-state index contributed by atoms with van der Waals surface area (Å²) in [5.41, 5.74) is 0. The number of ketones is 2. The Kier molecular flexibility index (Phi) is 4.00. The van der Waals surface area contributed by atoms with Gasteiger partial charge in [-0.15, -0.1) is 0 Å². The van der Waals surface area contributed by atoms with Gasteiger partial charge in [-0.2, -0.15) is 0 Å². The van der Waals surface area contributed by atoms with E-state index in [4.69, 9.17) is 5.11 Å². The van der Waals surface area contributed by atoms with Crippen molar-refractivity contribution in [2.45, 2.75) is 39.0 Å². The molecule has 1 aliphatic rings. The average molecular weight is 212 g/mol. The van der Waals surface area contributed by atoms with Gasteiger partial charge in [-0.05, 0) is 26.2 Å². The largest absolute Gasteiger partial charge is 0.481 e. The van der Waals surface area contributed by atoms with Crippen LogP contribution in [0.25, 0.3) is 0 Å². The molecule has 0 aromatic rings. The molecule has 84 valence electrons. The van der Waals surface area contributed by atoms with E-state index in [1.807, 2.05) is 0 Å². The van der Waals surface area contributed by atoms with Gasteiger partial charge in [0.05, 0.1) is 12.3 Å². The zero-order valence-corrected chi connectivity index (χ0v) is 8.86. The first kappa shape index (κ1) is 11.9. The predicted octanol–water partition coefficient (Wildman–Crippen LogP) is 1.43. The van der Waals surface area contributed by atoms with Gasteiger partial charge in [0.1, 0.15) is 11.6 Å². The molecule has 4 nitrogen and oxygen atoms in total. The summed E-state index contributed by atoms with van der Waals surface area (Å²) in [7, 11) is 0. The van der Waals surface area contributed by atoms with Crippen LogP contribution in [-0.2, 0) is 14.4 Å². The highest BCUT2D eigenvalue weighted by Crippen LogP contribution is 2.30. The Hall–Kier alpha value is -1.19. The fourth-order valence-electron chi connectivity index (χ4n) is 2.10. The van der Waals surface area contributed by atoms with Gasteiger partial charge < -0.3 is 5.11 Å². The smallest absolute Gasteiger partial charge is 0.306 e. The molecule has 1 saturated carbocycles. The first-order valence-corrected chi connectivity index (χ1v) is 5.25. The van der Waals surface area contributed by atoms with Gasteiger partial charge in [0.15, 0.2) is 0 Å². The molecule has 0 spiro atoms. The van der Waals surface area contributed by atoms with Crippen LogP contribution in [0.4, 0.5) is 0 Å². The molecule has 2 atom stereocenters. The number of rotatable bonds is 4. The van der Waals surface area contributed by atoms with E-state index >= 15 is 0 Å². The zero-order valence-electron chi connectivity index (χ0n) is 8.86. The highest BCUT2D eigenvalue weighted by atomic mass is 16.4. The molecule has 2 unspecified atom stereocenters. The maximum atomic E-state index is 11.6. The van der Waals surface area contributed by atoms with Crippen molar-refractivity contribution in [1.29, 1.82) is 0 Å². The Balaban J connectivity index is 2.52. The highest BCUT2D eigenvalue weighted by Gasteiger charge is 2.30. The summed E-state index contributed by atoms with van der Waals surface area (Å²) in [4.78, 5) is 33.1. The second-order valence-corrected chi connectivity index (χ2v) is 4.24. The third kappa shape index (κ3) is 3.46. The molecule has 0 heterocycles.